The number of nitrogens with zero attached hydrogens (tertiary/aromatic N) is 1. The lowest BCUT2D eigenvalue weighted by Crippen LogP contribution is -2.26. The molecule has 0 aromatic heterocycles. The Morgan fingerprint density at radius 3 is 2.62 bits per heavy atom. The summed E-state index contributed by atoms with van der Waals surface area (Å²) in [7, 11) is 0. The Morgan fingerprint density at radius 2 is 2.10 bits per heavy atom. The standard InChI is InChI=1S/C14H18N2O5/c1-9(14(18)19)4-3-7-15-13(17)12-6-5-11(16(20)21)8-10(12)2/h5-6,8-9H,3-4,7H2,1-2H3,(H,15,17)(H,18,19). The largest absolute Gasteiger partial charge is 0.481 e. The number of nitro groups is 1. The van der Waals surface area contributed by atoms with Gasteiger partial charge in [0.15, 0.2) is 0 Å². The second kappa shape index (κ2) is 7.37. The number of amides is 1. The van der Waals surface area contributed by atoms with Gasteiger partial charge in [-0.25, -0.2) is 0 Å². The minimum absolute atomic E-state index is 0.0562. The molecule has 0 aliphatic carbocycles. The molecule has 1 rings (SSSR count). The van der Waals surface area contributed by atoms with Crippen molar-refractivity contribution in [1.82, 2.24) is 5.32 Å². The number of rotatable bonds is 7. The zero-order chi connectivity index (χ0) is 16.0. The molecular formula is C14H18N2O5. The third kappa shape index (κ3) is 4.87. The minimum atomic E-state index is -0.854. The molecule has 7 heteroatoms. The van der Waals surface area contributed by atoms with Gasteiger partial charge in [0.1, 0.15) is 0 Å². The second-order valence-corrected chi connectivity index (χ2v) is 4.89. The Bertz CT molecular complexity index is 556. The van der Waals surface area contributed by atoms with Crippen LogP contribution in [-0.4, -0.2) is 28.5 Å². The van der Waals surface area contributed by atoms with Crippen LogP contribution in [0, 0.1) is 23.0 Å². The molecule has 1 atom stereocenters. The van der Waals surface area contributed by atoms with Crippen molar-refractivity contribution in [3.8, 4) is 0 Å². The number of hydrogen-bond donors (Lipinski definition) is 2. The highest BCUT2D eigenvalue weighted by atomic mass is 16.6. The third-order valence-electron chi connectivity index (χ3n) is 3.19. The van der Waals surface area contributed by atoms with Crippen molar-refractivity contribution in [2.45, 2.75) is 26.7 Å². The fourth-order valence-corrected chi connectivity index (χ4v) is 1.85. The molecule has 114 valence electrons. The SMILES string of the molecule is Cc1cc([N+](=O)[O-])ccc1C(=O)NCCCC(C)C(=O)O. The number of carboxylic acids is 1. The van der Waals surface area contributed by atoms with E-state index in [4.69, 9.17) is 5.11 Å². The topological polar surface area (TPSA) is 110 Å². The molecular weight excluding hydrogens is 276 g/mol. The van der Waals surface area contributed by atoms with Gasteiger partial charge in [0.25, 0.3) is 11.6 Å². The third-order valence-corrected chi connectivity index (χ3v) is 3.19. The molecule has 0 aliphatic rings. The molecule has 1 amide bonds. The summed E-state index contributed by atoms with van der Waals surface area (Å²) in [6.07, 6.45) is 1.04. The van der Waals surface area contributed by atoms with E-state index >= 15 is 0 Å². The smallest absolute Gasteiger partial charge is 0.306 e. The zero-order valence-electron chi connectivity index (χ0n) is 12.0. The van der Waals surface area contributed by atoms with E-state index in [0.29, 0.717) is 30.5 Å². The first-order chi connectivity index (χ1) is 9.82. The maximum Gasteiger partial charge on any atom is 0.306 e. The van der Waals surface area contributed by atoms with Crippen LogP contribution in [0.4, 0.5) is 5.69 Å². The Kier molecular flexibility index (Phi) is 5.83. The fourth-order valence-electron chi connectivity index (χ4n) is 1.85. The van der Waals surface area contributed by atoms with Gasteiger partial charge in [0.05, 0.1) is 10.8 Å². The average Bonchev–Trinajstić information content (AvgIpc) is 2.42. The number of carbonyl (C=O) groups is 2. The summed E-state index contributed by atoms with van der Waals surface area (Å²) >= 11 is 0. The van der Waals surface area contributed by atoms with Crippen LogP contribution in [0.15, 0.2) is 18.2 Å². The molecule has 1 unspecified atom stereocenters. The van der Waals surface area contributed by atoms with E-state index in [1.165, 1.54) is 18.2 Å². The number of carbonyl (C=O) groups excluding carboxylic acids is 1. The van der Waals surface area contributed by atoms with Gasteiger partial charge in [-0.05, 0) is 31.4 Å². The predicted octanol–water partition coefficient (Wildman–Crippen LogP) is 2.13. The summed E-state index contributed by atoms with van der Waals surface area (Å²) in [4.78, 5) is 32.7. The van der Waals surface area contributed by atoms with Crippen molar-refractivity contribution < 1.29 is 19.6 Å². The lowest BCUT2D eigenvalue weighted by atomic mass is 10.1. The van der Waals surface area contributed by atoms with Crippen molar-refractivity contribution in [3.63, 3.8) is 0 Å². The first-order valence-corrected chi connectivity index (χ1v) is 6.59. The lowest BCUT2D eigenvalue weighted by Gasteiger charge is -2.09. The molecule has 1 aromatic carbocycles. The van der Waals surface area contributed by atoms with Gasteiger partial charge in [0, 0.05) is 24.2 Å². The van der Waals surface area contributed by atoms with Gasteiger partial charge in [-0.15, -0.1) is 0 Å². The normalized spacial score (nSPS) is 11.7. The first kappa shape index (κ1) is 16.6. The number of non-ortho nitro benzene ring substituents is 1. The van der Waals surface area contributed by atoms with Gasteiger partial charge in [0.2, 0.25) is 0 Å². The van der Waals surface area contributed by atoms with Gasteiger partial charge in [-0.1, -0.05) is 6.92 Å². The molecule has 1 aromatic rings. The number of aryl methyl sites for hydroxylation is 1. The quantitative estimate of drug-likeness (QED) is 0.455. The highest BCUT2D eigenvalue weighted by molar-refractivity contribution is 5.95. The summed E-state index contributed by atoms with van der Waals surface area (Å²) in [5.41, 5.74) is 0.854. The summed E-state index contributed by atoms with van der Waals surface area (Å²) < 4.78 is 0. The summed E-state index contributed by atoms with van der Waals surface area (Å²) in [6.45, 7) is 3.62. The van der Waals surface area contributed by atoms with E-state index < -0.39 is 16.8 Å². The number of nitro benzene ring substituents is 1. The molecule has 0 fully saturated rings. The van der Waals surface area contributed by atoms with Crippen LogP contribution in [0.1, 0.15) is 35.7 Å². The first-order valence-electron chi connectivity index (χ1n) is 6.59. The van der Waals surface area contributed by atoms with Crippen molar-refractivity contribution in [1.29, 1.82) is 0 Å². The van der Waals surface area contributed by atoms with Crippen molar-refractivity contribution in [2.75, 3.05) is 6.54 Å². The summed E-state index contributed by atoms with van der Waals surface area (Å²) in [6, 6.07) is 4.05. The number of carboxylic acid groups (broad SMARTS) is 1. The molecule has 0 saturated heterocycles. The fraction of sp³-hybridized carbons (Fsp3) is 0.429. The Balaban J connectivity index is 2.53. The molecule has 0 bridgehead atoms. The molecule has 7 nitrogen and oxygen atoms in total. The maximum absolute atomic E-state index is 11.9. The maximum atomic E-state index is 11.9. The Morgan fingerprint density at radius 1 is 1.43 bits per heavy atom. The second-order valence-electron chi connectivity index (χ2n) is 4.89. The van der Waals surface area contributed by atoms with Gasteiger partial charge < -0.3 is 10.4 Å². The van der Waals surface area contributed by atoms with E-state index in [0.717, 1.165) is 0 Å². The van der Waals surface area contributed by atoms with Crippen LogP contribution in [0.25, 0.3) is 0 Å². The van der Waals surface area contributed by atoms with E-state index in [2.05, 4.69) is 5.32 Å². The van der Waals surface area contributed by atoms with E-state index in [-0.39, 0.29) is 11.6 Å². The number of nitrogens with one attached hydrogen (secondary N) is 1. The minimum Gasteiger partial charge on any atom is -0.481 e. The van der Waals surface area contributed by atoms with Crippen LogP contribution in [-0.2, 0) is 4.79 Å². The summed E-state index contributed by atoms with van der Waals surface area (Å²) in [5, 5.41) is 22.0. The van der Waals surface area contributed by atoms with Gasteiger partial charge in [-0.2, -0.15) is 0 Å². The number of benzene rings is 1. The van der Waals surface area contributed by atoms with E-state index in [9.17, 15) is 19.7 Å². The van der Waals surface area contributed by atoms with Gasteiger partial charge in [-0.3, -0.25) is 19.7 Å². The lowest BCUT2D eigenvalue weighted by molar-refractivity contribution is -0.384. The van der Waals surface area contributed by atoms with Crippen molar-refractivity contribution in [3.05, 3.63) is 39.4 Å². The van der Waals surface area contributed by atoms with Crippen LogP contribution in [0.2, 0.25) is 0 Å². The van der Waals surface area contributed by atoms with E-state index in [1.54, 1.807) is 13.8 Å². The molecule has 0 spiro atoms. The van der Waals surface area contributed by atoms with Crippen LogP contribution < -0.4 is 5.32 Å². The van der Waals surface area contributed by atoms with Crippen LogP contribution in [0.3, 0.4) is 0 Å². The molecule has 21 heavy (non-hydrogen) atoms. The molecule has 0 saturated carbocycles. The zero-order valence-corrected chi connectivity index (χ0v) is 12.0. The highest BCUT2D eigenvalue weighted by Crippen LogP contribution is 2.17. The van der Waals surface area contributed by atoms with Crippen molar-refractivity contribution >= 4 is 17.6 Å². The molecule has 0 heterocycles. The molecule has 0 aliphatic heterocycles. The predicted molar refractivity (Wildman–Crippen MR) is 76.2 cm³/mol. The van der Waals surface area contributed by atoms with Crippen molar-refractivity contribution in [2.24, 2.45) is 5.92 Å². The number of aliphatic carboxylic acids is 1. The van der Waals surface area contributed by atoms with E-state index in [1.807, 2.05) is 0 Å². The molecule has 0 radical (unpaired) electrons. The highest BCUT2D eigenvalue weighted by Gasteiger charge is 2.14. The summed E-state index contributed by atoms with van der Waals surface area (Å²) in [5.74, 6) is -1.61. The average molecular weight is 294 g/mol. The Labute approximate surface area is 122 Å². The Hall–Kier alpha value is -2.44. The number of hydrogen-bond acceptors (Lipinski definition) is 4. The molecule has 2 N–H and O–H groups in total. The monoisotopic (exact) mass is 294 g/mol. The van der Waals surface area contributed by atoms with Gasteiger partial charge >= 0.3 is 5.97 Å². The van der Waals surface area contributed by atoms with Crippen LogP contribution in [0.5, 0.6) is 0 Å². The van der Waals surface area contributed by atoms with Crippen LogP contribution >= 0.6 is 0 Å².